The molecule has 0 aliphatic heterocycles. The summed E-state index contributed by atoms with van der Waals surface area (Å²) in [5.74, 6) is 1.04. The summed E-state index contributed by atoms with van der Waals surface area (Å²) in [5.41, 5.74) is 8.22. The van der Waals surface area contributed by atoms with Gasteiger partial charge in [0.1, 0.15) is 0 Å². The summed E-state index contributed by atoms with van der Waals surface area (Å²) in [4.78, 5) is 4.15. The standard InChI is InChI=1S/C7H10N2.C7H14.C2H6/c1-5-3-4-7(8)6(2)9-5;1-7-5-3-2-4-6-7;1-2/h3-4H,8H2,1-2H3;7H,2-6H2,1H3;1-2H3. The molecule has 1 aliphatic rings. The topological polar surface area (TPSA) is 38.9 Å². The quantitative estimate of drug-likeness (QED) is 0.711. The van der Waals surface area contributed by atoms with Gasteiger partial charge < -0.3 is 5.73 Å². The predicted octanol–water partition coefficient (Wildman–Crippen LogP) is 4.89. The van der Waals surface area contributed by atoms with E-state index >= 15 is 0 Å². The van der Waals surface area contributed by atoms with Crippen LogP contribution in [0.5, 0.6) is 0 Å². The first-order chi connectivity index (χ1) is 8.59. The van der Waals surface area contributed by atoms with E-state index in [9.17, 15) is 0 Å². The zero-order chi connectivity index (χ0) is 14.0. The second kappa shape index (κ2) is 9.93. The second-order valence-corrected chi connectivity index (χ2v) is 4.87. The first-order valence-electron chi connectivity index (χ1n) is 7.29. The zero-order valence-electron chi connectivity index (χ0n) is 12.8. The molecule has 0 bridgehead atoms. The molecule has 0 saturated heterocycles. The molecule has 2 rings (SSSR count). The molecule has 2 heteroatoms. The molecule has 1 heterocycles. The monoisotopic (exact) mass is 250 g/mol. The van der Waals surface area contributed by atoms with Crippen LogP contribution in [0.4, 0.5) is 5.69 Å². The lowest BCUT2D eigenvalue weighted by molar-refractivity contribution is 0.385. The highest BCUT2D eigenvalue weighted by molar-refractivity contribution is 5.41. The molecule has 0 unspecified atom stereocenters. The Morgan fingerprint density at radius 3 is 1.94 bits per heavy atom. The average Bonchev–Trinajstić information content (AvgIpc) is 2.38. The van der Waals surface area contributed by atoms with Crippen LogP contribution in [-0.4, -0.2) is 4.98 Å². The van der Waals surface area contributed by atoms with Gasteiger partial charge in [0, 0.05) is 5.69 Å². The number of pyridine rings is 1. The fraction of sp³-hybridized carbons (Fsp3) is 0.688. The van der Waals surface area contributed by atoms with E-state index in [2.05, 4.69) is 11.9 Å². The van der Waals surface area contributed by atoms with Crippen LogP contribution in [-0.2, 0) is 0 Å². The van der Waals surface area contributed by atoms with Gasteiger partial charge in [-0.3, -0.25) is 4.98 Å². The lowest BCUT2D eigenvalue weighted by atomic mass is 9.91. The molecule has 104 valence electrons. The number of anilines is 1. The van der Waals surface area contributed by atoms with Crippen molar-refractivity contribution in [3.63, 3.8) is 0 Å². The summed E-state index contributed by atoms with van der Waals surface area (Å²) < 4.78 is 0. The molecule has 1 aromatic rings. The summed E-state index contributed by atoms with van der Waals surface area (Å²) in [5, 5.41) is 0. The Morgan fingerprint density at radius 1 is 1.06 bits per heavy atom. The van der Waals surface area contributed by atoms with Crippen LogP contribution in [0.15, 0.2) is 12.1 Å². The van der Waals surface area contributed by atoms with E-state index in [1.54, 1.807) is 0 Å². The molecule has 18 heavy (non-hydrogen) atoms. The van der Waals surface area contributed by atoms with E-state index < -0.39 is 0 Å². The van der Waals surface area contributed by atoms with Gasteiger partial charge in [-0.05, 0) is 31.9 Å². The molecule has 2 nitrogen and oxygen atoms in total. The highest BCUT2D eigenvalue weighted by Crippen LogP contribution is 2.22. The SMILES string of the molecule is CC.CC1CCCCC1.Cc1ccc(N)c(C)n1. The molecular formula is C16H30N2. The third-order valence-corrected chi connectivity index (χ3v) is 3.16. The molecule has 1 fully saturated rings. The van der Waals surface area contributed by atoms with E-state index in [0.717, 1.165) is 23.0 Å². The fourth-order valence-electron chi connectivity index (χ4n) is 2.00. The van der Waals surface area contributed by atoms with Gasteiger partial charge in [-0.25, -0.2) is 0 Å². The molecular weight excluding hydrogens is 220 g/mol. The molecule has 1 aromatic heterocycles. The van der Waals surface area contributed by atoms with Gasteiger partial charge in [0.05, 0.1) is 11.4 Å². The van der Waals surface area contributed by atoms with E-state index in [1.165, 1.54) is 32.1 Å². The number of aromatic nitrogens is 1. The van der Waals surface area contributed by atoms with Crippen molar-refractivity contribution in [2.45, 2.75) is 66.7 Å². The molecule has 2 N–H and O–H groups in total. The molecule has 0 radical (unpaired) electrons. The van der Waals surface area contributed by atoms with Gasteiger partial charge in [0.15, 0.2) is 0 Å². The minimum Gasteiger partial charge on any atom is -0.397 e. The normalized spacial score (nSPS) is 14.9. The van der Waals surface area contributed by atoms with Gasteiger partial charge in [0.25, 0.3) is 0 Å². The Hall–Kier alpha value is -1.05. The number of hydrogen-bond donors (Lipinski definition) is 1. The second-order valence-electron chi connectivity index (χ2n) is 4.87. The van der Waals surface area contributed by atoms with Crippen LogP contribution >= 0.6 is 0 Å². The minimum atomic E-state index is 0.764. The Balaban J connectivity index is 0.000000289. The van der Waals surface area contributed by atoms with E-state index in [4.69, 9.17) is 5.73 Å². The summed E-state index contributed by atoms with van der Waals surface area (Å²) in [6.45, 7) is 10.2. The number of nitrogen functional groups attached to an aromatic ring is 1. The Kier molecular flexibility index (Phi) is 9.35. The van der Waals surface area contributed by atoms with E-state index in [0.29, 0.717) is 0 Å². The lowest BCUT2D eigenvalue weighted by Gasteiger charge is -2.15. The van der Waals surface area contributed by atoms with E-state index in [-0.39, 0.29) is 0 Å². The summed E-state index contributed by atoms with van der Waals surface area (Å²) in [6, 6.07) is 3.78. The van der Waals surface area contributed by atoms with Gasteiger partial charge in [-0.2, -0.15) is 0 Å². The molecule has 1 saturated carbocycles. The van der Waals surface area contributed by atoms with Crippen molar-refractivity contribution in [2.75, 3.05) is 5.73 Å². The van der Waals surface area contributed by atoms with Crippen LogP contribution in [0, 0.1) is 19.8 Å². The first-order valence-corrected chi connectivity index (χ1v) is 7.29. The molecule has 1 aliphatic carbocycles. The van der Waals surface area contributed by atoms with Crippen molar-refractivity contribution >= 4 is 5.69 Å². The van der Waals surface area contributed by atoms with Crippen molar-refractivity contribution in [3.05, 3.63) is 23.5 Å². The van der Waals surface area contributed by atoms with Crippen molar-refractivity contribution in [1.82, 2.24) is 4.98 Å². The fourth-order valence-corrected chi connectivity index (χ4v) is 2.00. The first kappa shape index (κ1) is 16.9. The largest absolute Gasteiger partial charge is 0.397 e. The smallest absolute Gasteiger partial charge is 0.0604 e. The minimum absolute atomic E-state index is 0.764. The van der Waals surface area contributed by atoms with Crippen LogP contribution in [0.1, 0.15) is 64.3 Å². The van der Waals surface area contributed by atoms with Gasteiger partial charge >= 0.3 is 0 Å². The zero-order valence-corrected chi connectivity index (χ0v) is 12.8. The predicted molar refractivity (Wildman–Crippen MR) is 81.7 cm³/mol. The lowest BCUT2D eigenvalue weighted by Crippen LogP contribution is -1.99. The molecule has 0 atom stereocenters. The molecule has 0 amide bonds. The number of rotatable bonds is 0. The summed E-state index contributed by atoms with van der Waals surface area (Å²) in [6.07, 6.45) is 7.44. The van der Waals surface area contributed by atoms with Crippen LogP contribution in [0.25, 0.3) is 0 Å². The highest BCUT2D eigenvalue weighted by atomic mass is 14.7. The third-order valence-electron chi connectivity index (χ3n) is 3.16. The Morgan fingerprint density at radius 2 is 1.61 bits per heavy atom. The number of aryl methyl sites for hydroxylation is 2. The Labute approximate surface area is 113 Å². The van der Waals surface area contributed by atoms with Crippen molar-refractivity contribution < 1.29 is 0 Å². The van der Waals surface area contributed by atoms with Crippen LogP contribution in [0.3, 0.4) is 0 Å². The van der Waals surface area contributed by atoms with Crippen LogP contribution < -0.4 is 5.73 Å². The van der Waals surface area contributed by atoms with E-state index in [1.807, 2.05) is 39.8 Å². The van der Waals surface area contributed by atoms with Crippen molar-refractivity contribution in [3.8, 4) is 0 Å². The highest BCUT2D eigenvalue weighted by Gasteiger charge is 2.05. The van der Waals surface area contributed by atoms with Crippen molar-refractivity contribution in [2.24, 2.45) is 5.92 Å². The maximum atomic E-state index is 5.53. The average molecular weight is 250 g/mol. The Bertz CT molecular complexity index is 315. The molecule has 0 aromatic carbocycles. The number of hydrogen-bond acceptors (Lipinski definition) is 2. The number of nitrogens with two attached hydrogens (primary N) is 1. The van der Waals surface area contributed by atoms with Crippen molar-refractivity contribution in [1.29, 1.82) is 0 Å². The number of nitrogens with zero attached hydrogens (tertiary/aromatic N) is 1. The maximum absolute atomic E-state index is 5.53. The van der Waals surface area contributed by atoms with Gasteiger partial charge in [-0.1, -0.05) is 52.9 Å². The molecule has 0 spiro atoms. The summed E-state index contributed by atoms with van der Waals surface area (Å²) in [7, 11) is 0. The summed E-state index contributed by atoms with van der Waals surface area (Å²) >= 11 is 0. The van der Waals surface area contributed by atoms with Gasteiger partial charge in [-0.15, -0.1) is 0 Å². The third kappa shape index (κ3) is 7.31. The van der Waals surface area contributed by atoms with Crippen LogP contribution in [0.2, 0.25) is 0 Å². The van der Waals surface area contributed by atoms with Gasteiger partial charge in [0.2, 0.25) is 0 Å². The maximum Gasteiger partial charge on any atom is 0.0604 e.